The maximum Gasteiger partial charge on any atom is 0.154 e. The second-order valence-corrected chi connectivity index (χ2v) is 7.98. The zero-order valence-corrected chi connectivity index (χ0v) is 12.4. The van der Waals surface area contributed by atoms with Gasteiger partial charge in [-0.2, -0.15) is 0 Å². The van der Waals surface area contributed by atoms with Gasteiger partial charge in [-0.3, -0.25) is 0 Å². The van der Waals surface area contributed by atoms with Crippen molar-refractivity contribution >= 4 is 9.84 Å². The van der Waals surface area contributed by atoms with Crippen LogP contribution in [0, 0.1) is 11.8 Å². The molecule has 0 aromatic carbocycles. The van der Waals surface area contributed by atoms with Crippen molar-refractivity contribution in [1.82, 2.24) is 5.32 Å². The van der Waals surface area contributed by atoms with Gasteiger partial charge in [-0.15, -0.1) is 0 Å². The summed E-state index contributed by atoms with van der Waals surface area (Å²) >= 11 is 0. The average molecular weight is 261 g/mol. The maximum absolute atomic E-state index is 12.2. The van der Waals surface area contributed by atoms with Gasteiger partial charge in [0, 0.05) is 11.8 Å². The highest BCUT2D eigenvalue weighted by molar-refractivity contribution is 7.92. The van der Waals surface area contributed by atoms with Crippen LogP contribution >= 0.6 is 0 Å². The fraction of sp³-hybridized carbons (Fsp3) is 1.00. The smallest absolute Gasteiger partial charge is 0.154 e. The van der Waals surface area contributed by atoms with Crippen LogP contribution in [-0.2, 0) is 9.84 Å². The molecular weight excluding hydrogens is 234 g/mol. The molecule has 0 spiro atoms. The lowest BCUT2D eigenvalue weighted by molar-refractivity contribution is 0.242. The summed E-state index contributed by atoms with van der Waals surface area (Å²) < 4.78 is 24.4. The number of hydrogen-bond acceptors (Lipinski definition) is 3. The largest absolute Gasteiger partial charge is 0.313 e. The van der Waals surface area contributed by atoms with Gasteiger partial charge in [-0.05, 0) is 37.6 Å². The van der Waals surface area contributed by atoms with E-state index in [0.717, 1.165) is 25.8 Å². The molecule has 0 radical (unpaired) electrons. The van der Waals surface area contributed by atoms with Crippen LogP contribution in [0.25, 0.3) is 0 Å². The highest BCUT2D eigenvalue weighted by Gasteiger charge is 2.40. The molecule has 0 aromatic heterocycles. The van der Waals surface area contributed by atoms with Crippen LogP contribution in [0.2, 0.25) is 0 Å². The molecule has 1 aliphatic carbocycles. The molecule has 4 atom stereocenters. The Morgan fingerprint density at radius 3 is 2.35 bits per heavy atom. The van der Waals surface area contributed by atoms with Crippen molar-refractivity contribution in [3.05, 3.63) is 0 Å². The Hall–Kier alpha value is -0.0900. The van der Waals surface area contributed by atoms with Gasteiger partial charge >= 0.3 is 0 Å². The van der Waals surface area contributed by atoms with Crippen LogP contribution in [0.4, 0.5) is 0 Å². The Morgan fingerprint density at radius 1 is 1.18 bits per heavy atom. The summed E-state index contributed by atoms with van der Waals surface area (Å²) in [7, 11) is -2.94. The first-order valence-electron chi connectivity index (χ1n) is 6.87. The van der Waals surface area contributed by atoms with E-state index in [-0.39, 0.29) is 23.0 Å². The predicted octanol–water partition coefficient (Wildman–Crippen LogP) is 2.22. The van der Waals surface area contributed by atoms with Crippen molar-refractivity contribution in [3.63, 3.8) is 0 Å². The molecule has 1 fully saturated rings. The van der Waals surface area contributed by atoms with Gasteiger partial charge < -0.3 is 5.32 Å². The molecule has 1 rings (SSSR count). The Bertz CT molecular complexity index is 326. The van der Waals surface area contributed by atoms with Crippen molar-refractivity contribution in [1.29, 1.82) is 0 Å². The quantitative estimate of drug-likeness (QED) is 0.825. The Labute approximate surface area is 106 Å². The van der Waals surface area contributed by atoms with E-state index in [9.17, 15) is 8.42 Å². The fourth-order valence-electron chi connectivity index (χ4n) is 3.16. The van der Waals surface area contributed by atoms with E-state index in [1.54, 1.807) is 6.92 Å². The minimum absolute atomic E-state index is 0.152. The fourth-order valence-corrected chi connectivity index (χ4v) is 5.07. The topological polar surface area (TPSA) is 46.2 Å². The number of sulfone groups is 1. The minimum atomic E-state index is -2.94. The van der Waals surface area contributed by atoms with Crippen LogP contribution in [0.1, 0.15) is 47.0 Å². The summed E-state index contributed by atoms with van der Waals surface area (Å²) in [6.07, 6.45) is 3.08. The molecule has 0 heterocycles. The molecule has 0 saturated heterocycles. The standard InChI is InChI=1S/C13H27NO2S/c1-5-7-14-12-9-10(3)8-11(4)13(12)17(15,16)6-2/h10-14H,5-9H2,1-4H3. The van der Waals surface area contributed by atoms with Gasteiger partial charge in [0.15, 0.2) is 9.84 Å². The highest BCUT2D eigenvalue weighted by atomic mass is 32.2. The third kappa shape index (κ3) is 3.68. The second-order valence-electron chi connectivity index (χ2n) is 5.53. The van der Waals surface area contributed by atoms with Crippen LogP contribution in [-0.4, -0.2) is 32.0 Å². The van der Waals surface area contributed by atoms with Gasteiger partial charge in [0.05, 0.1) is 5.25 Å². The summed E-state index contributed by atoms with van der Waals surface area (Å²) in [6, 6.07) is 0.152. The van der Waals surface area contributed by atoms with Crippen LogP contribution in [0.15, 0.2) is 0 Å². The van der Waals surface area contributed by atoms with E-state index in [4.69, 9.17) is 0 Å². The Morgan fingerprint density at radius 2 is 1.82 bits per heavy atom. The SMILES string of the molecule is CCCNC1CC(C)CC(C)C1S(=O)(=O)CC. The van der Waals surface area contributed by atoms with E-state index < -0.39 is 9.84 Å². The molecule has 102 valence electrons. The third-order valence-corrected chi connectivity index (χ3v) is 6.29. The van der Waals surface area contributed by atoms with E-state index in [0.29, 0.717) is 5.92 Å². The molecule has 1 saturated carbocycles. The first-order valence-corrected chi connectivity index (χ1v) is 8.58. The van der Waals surface area contributed by atoms with Crippen molar-refractivity contribution in [2.24, 2.45) is 11.8 Å². The Balaban J connectivity index is 2.86. The number of nitrogens with one attached hydrogen (secondary N) is 1. The first kappa shape index (κ1) is 15.0. The maximum atomic E-state index is 12.2. The number of hydrogen-bond donors (Lipinski definition) is 1. The molecule has 0 aromatic rings. The van der Waals surface area contributed by atoms with Gasteiger partial charge in [0.25, 0.3) is 0 Å². The molecule has 0 bridgehead atoms. The van der Waals surface area contributed by atoms with Crippen LogP contribution in [0.5, 0.6) is 0 Å². The second kappa shape index (κ2) is 6.19. The summed E-state index contributed by atoms with van der Waals surface area (Å²) in [5.41, 5.74) is 0. The summed E-state index contributed by atoms with van der Waals surface area (Å²) in [6.45, 7) is 9.11. The summed E-state index contributed by atoms with van der Waals surface area (Å²) in [5.74, 6) is 1.17. The summed E-state index contributed by atoms with van der Waals surface area (Å²) in [5, 5.41) is 3.26. The lowest BCUT2D eigenvalue weighted by Crippen LogP contribution is -2.52. The van der Waals surface area contributed by atoms with Gasteiger partial charge in [-0.1, -0.05) is 27.7 Å². The molecule has 1 aliphatic rings. The molecule has 1 N–H and O–H groups in total. The minimum Gasteiger partial charge on any atom is -0.313 e. The highest BCUT2D eigenvalue weighted by Crippen LogP contribution is 2.33. The zero-order chi connectivity index (χ0) is 13.1. The Kier molecular flexibility index (Phi) is 5.45. The summed E-state index contributed by atoms with van der Waals surface area (Å²) in [4.78, 5) is 0. The predicted molar refractivity (Wildman–Crippen MR) is 72.9 cm³/mol. The molecule has 0 amide bonds. The molecular formula is C13H27NO2S. The van der Waals surface area contributed by atoms with Crippen LogP contribution < -0.4 is 5.32 Å². The van der Waals surface area contributed by atoms with Crippen LogP contribution in [0.3, 0.4) is 0 Å². The van der Waals surface area contributed by atoms with Gasteiger partial charge in [-0.25, -0.2) is 8.42 Å². The normalized spacial score (nSPS) is 34.8. The third-order valence-electron chi connectivity index (χ3n) is 3.86. The van der Waals surface area contributed by atoms with Crippen molar-refractivity contribution < 1.29 is 8.42 Å². The van der Waals surface area contributed by atoms with E-state index in [2.05, 4.69) is 26.1 Å². The van der Waals surface area contributed by atoms with Crippen molar-refractivity contribution in [3.8, 4) is 0 Å². The monoisotopic (exact) mass is 261 g/mol. The van der Waals surface area contributed by atoms with Crippen molar-refractivity contribution in [2.75, 3.05) is 12.3 Å². The van der Waals surface area contributed by atoms with E-state index in [1.807, 2.05) is 0 Å². The lowest BCUT2D eigenvalue weighted by atomic mass is 9.80. The molecule has 3 nitrogen and oxygen atoms in total. The molecule has 4 heteroatoms. The van der Waals surface area contributed by atoms with E-state index >= 15 is 0 Å². The lowest BCUT2D eigenvalue weighted by Gasteiger charge is -2.39. The average Bonchev–Trinajstić information content (AvgIpc) is 2.24. The van der Waals surface area contributed by atoms with Gasteiger partial charge in [0.1, 0.15) is 0 Å². The molecule has 4 unspecified atom stereocenters. The van der Waals surface area contributed by atoms with Gasteiger partial charge in [0.2, 0.25) is 0 Å². The first-order chi connectivity index (χ1) is 7.92. The molecule has 17 heavy (non-hydrogen) atoms. The van der Waals surface area contributed by atoms with Crippen molar-refractivity contribution in [2.45, 2.75) is 58.2 Å². The number of rotatable bonds is 5. The van der Waals surface area contributed by atoms with E-state index in [1.165, 1.54) is 0 Å². The molecule has 0 aliphatic heterocycles. The zero-order valence-electron chi connectivity index (χ0n) is 11.6.